The third-order valence-electron chi connectivity index (χ3n) is 7.84. The zero-order valence-corrected chi connectivity index (χ0v) is 25.5. The van der Waals surface area contributed by atoms with Gasteiger partial charge >= 0.3 is 6.09 Å². The Morgan fingerprint density at radius 2 is 1.74 bits per heavy atom. The average Bonchev–Trinajstić information content (AvgIpc) is 3.68. The zero-order chi connectivity index (χ0) is 30.6. The highest BCUT2D eigenvalue weighted by Crippen LogP contribution is 2.41. The van der Waals surface area contributed by atoms with Gasteiger partial charge in [-0.3, -0.25) is 9.59 Å². The maximum atomic E-state index is 14.5. The van der Waals surface area contributed by atoms with E-state index in [4.69, 9.17) is 4.74 Å². The minimum atomic E-state index is -0.925. The summed E-state index contributed by atoms with van der Waals surface area (Å²) in [4.78, 5) is 43.4. The molecule has 0 saturated heterocycles. The van der Waals surface area contributed by atoms with Crippen LogP contribution in [0.1, 0.15) is 71.6 Å². The van der Waals surface area contributed by atoms with Crippen LogP contribution in [0.15, 0.2) is 73.3 Å². The number of carbonyl (C=O) groups is 3. The van der Waals surface area contributed by atoms with Crippen LogP contribution in [0, 0.1) is 11.8 Å². The Morgan fingerprint density at radius 1 is 1.05 bits per heavy atom. The maximum Gasteiger partial charge on any atom is 0.408 e. The van der Waals surface area contributed by atoms with Crippen molar-refractivity contribution in [3.63, 3.8) is 0 Å². The zero-order valence-electron chi connectivity index (χ0n) is 25.5. The van der Waals surface area contributed by atoms with E-state index in [-0.39, 0.29) is 29.7 Å². The Balaban J connectivity index is 1.75. The highest BCUT2D eigenvalue weighted by molar-refractivity contribution is 6.00. The first-order valence-corrected chi connectivity index (χ1v) is 14.8. The Morgan fingerprint density at radius 3 is 2.36 bits per heavy atom. The summed E-state index contributed by atoms with van der Waals surface area (Å²) in [6.45, 7) is 15.2. The van der Waals surface area contributed by atoms with Crippen molar-refractivity contribution in [2.24, 2.45) is 11.8 Å². The van der Waals surface area contributed by atoms with Crippen molar-refractivity contribution in [1.29, 1.82) is 0 Å². The van der Waals surface area contributed by atoms with Crippen molar-refractivity contribution in [1.82, 2.24) is 10.2 Å². The quantitative estimate of drug-likeness (QED) is 0.267. The van der Waals surface area contributed by atoms with Crippen molar-refractivity contribution in [3.05, 3.63) is 84.4 Å². The van der Waals surface area contributed by atoms with E-state index in [0.717, 1.165) is 22.8 Å². The average molecular weight is 570 g/mol. The first-order chi connectivity index (χ1) is 19.9. The topological polar surface area (TPSA) is 87.7 Å². The molecule has 0 heterocycles. The highest BCUT2D eigenvalue weighted by atomic mass is 16.6. The molecule has 3 aromatic carbocycles. The van der Waals surface area contributed by atoms with Crippen molar-refractivity contribution in [3.8, 4) is 0 Å². The van der Waals surface area contributed by atoms with Crippen LogP contribution in [0.2, 0.25) is 0 Å². The van der Waals surface area contributed by atoms with Crippen molar-refractivity contribution < 1.29 is 19.1 Å². The molecular formula is C35H43N3O4. The molecule has 0 bridgehead atoms. The second-order valence-electron chi connectivity index (χ2n) is 12.4. The molecule has 5 unspecified atom stereocenters. The van der Waals surface area contributed by atoms with Gasteiger partial charge in [-0.1, -0.05) is 88.4 Å². The molecule has 1 saturated carbocycles. The lowest BCUT2D eigenvalue weighted by Gasteiger charge is -2.36. The van der Waals surface area contributed by atoms with Gasteiger partial charge < -0.3 is 20.3 Å². The normalized spacial score (nSPS) is 18.3. The van der Waals surface area contributed by atoms with Gasteiger partial charge in [0.1, 0.15) is 17.7 Å². The fraction of sp³-hybridized carbons (Fsp3) is 0.400. The van der Waals surface area contributed by atoms with E-state index in [0.29, 0.717) is 17.7 Å². The van der Waals surface area contributed by atoms with E-state index in [1.54, 1.807) is 31.7 Å². The summed E-state index contributed by atoms with van der Waals surface area (Å²) in [5, 5.41) is 8.00. The number of nitrogens with zero attached hydrogens (tertiary/aromatic N) is 1. The second kappa shape index (κ2) is 12.8. The molecule has 2 N–H and O–H groups in total. The Labute approximate surface area is 249 Å². The number of nitrogens with one attached hydrogen (secondary N) is 2. The number of anilines is 1. The van der Waals surface area contributed by atoms with E-state index in [2.05, 4.69) is 24.1 Å². The lowest BCUT2D eigenvalue weighted by molar-refractivity contribution is -0.142. The fourth-order valence-electron chi connectivity index (χ4n) is 5.22. The van der Waals surface area contributed by atoms with Crippen LogP contribution < -0.4 is 10.6 Å². The molecule has 0 aliphatic heterocycles. The molecule has 0 radical (unpaired) electrons. The largest absolute Gasteiger partial charge is 0.444 e. The Bertz CT molecular complexity index is 1460. The summed E-state index contributed by atoms with van der Waals surface area (Å²) in [6, 6.07) is 19.3. The summed E-state index contributed by atoms with van der Waals surface area (Å²) in [6.07, 6.45) is 2.49. The summed E-state index contributed by atoms with van der Waals surface area (Å²) in [5.74, 6) is -0.594. The fourth-order valence-corrected chi connectivity index (χ4v) is 5.22. The minimum Gasteiger partial charge on any atom is -0.444 e. The summed E-state index contributed by atoms with van der Waals surface area (Å²) < 4.78 is 5.52. The van der Waals surface area contributed by atoms with E-state index in [1.807, 2.05) is 80.6 Å². The molecule has 5 atom stereocenters. The number of hydrogen-bond acceptors (Lipinski definition) is 4. The number of carbonyl (C=O) groups excluding carboxylic acids is 3. The third kappa shape index (κ3) is 7.38. The molecule has 1 fully saturated rings. The Kier molecular flexibility index (Phi) is 9.40. The van der Waals surface area contributed by atoms with Gasteiger partial charge in [-0.25, -0.2) is 4.79 Å². The summed E-state index contributed by atoms with van der Waals surface area (Å²) in [7, 11) is 0. The monoisotopic (exact) mass is 569 g/mol. The molecule has 1 aliphatic rings. The van der Waals surface area contributed by atoms with Gasteiger partial charge in [-0.05, 0) is 79.1 Å². The molecule has 1 aliphatic carbocycles. The molecule has 4 rings (SSSR count). The Hall–Kier alpha value is -4.13. The molecule has 7 nitrogen and oxygen atoms in total. The molecule has 222 valence electrons. The van der Waals surface area contributed by atoms with Gasteiger partial charge in [0.15, 0.2) is 0 Å². The molecular weight excluding hydrogens is 526 g/mol. The maximum absolute atomic E-state index is 14.5. The molecule has 42 heavy (non-hydrogen) atoms. The van der Waals surface area contributed by atoms with Crippen molar-refractivity contribution >= 4 is 40.4 Å². The third-order valence-corrected chi connectivity index (χ3v) is 7.84. The van der Waals surface area contributed by atoms with Crippen molar-refractivity contribution in [2.75, 3.05) is 5.32 Å². The van der Waals surface area contributed by atoms with Gasteiger partial charge in [0, 0.05) is 11.7 Å². The number of rotatable bonds is 10. The van der Waals surface area contributed by atoms with Crippen LogP contribution in [0.3, 0.4) is 0 Å². The van der Waals surface area contributed by atoms with Gasteiger partial charge in [0.2, 0.25) is 5.91 Å². The standard InChI is InChI=1S/C35H43N3O4/c1-8-22(3)30(37-34(41)42-35(5,6)7)33(40)38(29-19-23(29)4)31(27-16-12-13-24(9-2)20-27)32(39)36-28-18-17-25-14-10-11-15-26(25)21-28/h9-18,20-23,29-31H,2,8,19H2,1,3-7H3,(H,36,39)(H,37,41). The number of ether oxygens (including phenoxy) is 1. The minimum absolute atomic E-state index is 0.149. The number of benzene rings is 3. The van der Waals surface area contributed by atoms with E-state index in [9.17, 15) is 14.4 Å². The SMILES string of the molecule is C=Cc1cccc(C(C(=O)Nc2ccc3ccccc3c2)N(C(=O)C(NC(=O)OC(C)(C)C)C(C)CC)C2CC2C)c1. The predicted molar refractivity (Wildman–Crippen MR) is 169 cm³/mol. The van der Waals surface area contributed by atoms with E-state index >= 15 is 0 Å². The number of hydrogen-bond donors (Lipinski definition) is 2. The molecule has 0 spiro atoms. The molecule has 3 aromatic rings. The van der Waals surface area contributed by atoms with Gasteiger partial charge in [0.05, 0.1) is 0 Å². The first kappa shape index (κ1) is 30.8. The predicted octanol–water partition coefficient (Wildman–Crippen LogP) is 7.34. The number of alkyl carbamates (subject to hydrolysis) is 1. The smallest absolute Gasteiger partial charge is 0.408 e. The van der Waals surface area contributed by atoms with Crippen LogP contribution in [0.25, 0.3) is 16.8 Å². The van der Waals surface area contributed by atoms with Gasteiger partial charge in [-0.2, -0.15) is 0 Å². The van der Waals surface area contributed by atoms with Crippen LogP contribution in [0.5, 0.6) is 0 Å². The molecule has 0 aromatic heterocycles. The number of fused-ring (bicyclic) bond motifs is 1. The second-order valence-corrected chi connectivity index (χ2v) is 12.4. The van der Waals surface area contributed by atoms with Crippen LogP contribution in [0.4, 0.5) is 10.5 Å². The number of amides is 3. The lowest BCUT2D eigenvalue weighted by atomic mass is 9.95. The van der Waals surface area contributed by atoms with Gasteiger partial charge in [0.25, 0.3) is 5.91 Å². The first-order valence-electron chi connectivity index (χ1n) is 14.8. The van der Waals surface area contributed by atoms with Crippen molar-refractivity contribution in [2.45, 2.75) is 78.1 Å². The highest BCUT2D eigenvalue weighted by Gasteiger charge is 2.49. The van der Waals surface area contributed by atoms with Crippen LogP contribution in [-0.2, 0) is 14.3 Å². The lowest BCUT2D eigenvalue weighted by Crippen LogP contribution is -2.55. The summed E-state index contributed by atoms with van der Waals surface area (Å²) >= 11 is 0. The van der Waals surface area contributed by atoms with Crippen LogP contribution >= 0.6 is 0 Å². The van der Waals surface area contributed by atoms with E-state index in [1.165, 1.54) is 0 Å². The van der Waals surface area contributed by atoms with Crippen LogP contribution in [-0.4, -0.2) is 40.5 Å². The molecule has 3 amide bonds. The van der Waals surface area contributed by atoms with Gasteiger partial charge in [-0.15, -0.1) is 0 Å². The molecule has 7 heteroatoms. The summed E-state index contributed by atoms with van der Waals surface area (Å²) in [5.41, 5.74) is 1.45. The van der Waals surface area contributed by atoms with E-state index < -0.39 is 23.8 Å².